The zero-order valence-corrected chi connectivity index (χ0v) is 21.4. The van der Waals surface area contributed by atoms with E-state index < -0.39 is 60.2 Å². The number of carboxylic acids is 2. The van der Waals surface area contributed by atoms with Gasteiger partial charge in [0.25, 0.3) is 0 Å². The lowest BCUT2D eigenvalue weighted by atomic mass is 10.0. The Kier molecular flexibility index (Phi) is 16.2. The van der Waals surface area contributed by atoms with Gasteiger partial charge in [-0.25, -0.2) is 4.79 Å². The summed E-state index contributed by atoms with van der Waals surface area (Å²) in [4.78, 5) is 60.9. The molecule has 0 aliphatic heterocycles. The Bertz CT molecular complexity index is 793. The second-order valence-corrected chi connectivity index (χ2v) is 9.12. The van der Waals surface area contributed by atoms with Crippen LogP contribution in [0.2, 0.25) is 0 Å². The van der Waals surface area contributed by atoms with Crippen molar-refractivity contribution in [3.05, 3.63) is 0 Å². The molecule has 13 N–H and O–H groups in total. The molecule has 0 bridgehead atoms. The number of carbonyl (C=O) groups is 5. The molecule has 0 spiro atoms. The minimum Gasteiger partial charge on any atom is -0.481 e. The van der Waals surface area contributed by atoms with Crippen molar-refractivity contribution in [3.63, 3.8) is 0 Å². The molecule has 212 valence electrons. The number of nitrogens with one attached hydrogen (secondary N) is 5. The van der Waals surface area contributed by atoms with Gasteiger partial charge in [-0.05, 0) is 44.6 Å². The number of nitrogens with two attached hydrogens (primary N) is 3. The zero-order chi connectivity index (χ0) is 28.5. The third-order valence-electron chi connectivity index (χ3n) is 5.26. The maximum atomic E-state index is 13.1. The Labute approximate surface area is 216 Å². The third kappa shape index (κ3) is 15.3. The van der Waals surface area contributed by atoms with E-state index in [9.17, 15) is 29.1 Å². The molecule has 0 unspecified atom stereocenters. The number of guanidine groups is 1. The molecule has 0 aromatic heterocycles. The van der Waals surface area contributed by atoms with Gasteiger partial charge in [-0.2, -0.15) is 0 Å². The molecule has 0 heterocycles. The van der Waals surface area contributed by atoms with E-state index in [1.54, 1.807) is 0 Å². The summed E-state index contributed by atoms with van der Waals surface area (Å²) < 4.78 is 0. The maximum Gasteiger partial charge on any atom is 0.326 e. The highest BCUT2D eigenvalue weighted by atomic mass is 16.4. The third-order valence-corrected chi connectivity index (χ3v) is 5.26. The summed E-state index contributed by atoms with van der Waals surface area (Å²) in [5.74, 6) is -5.40. The Morgan fingerprint density at radius 2 is 1.41 bits per heavy atom. The normalized spacial score (nSPS) is 14.1. The Hall–Kier alpha value is -3.46. The molecule has 0 fully saturated rings. The number of amides is 3. The van der Waals surface area contributed by atoms with Crippen LogP contribution < -0.4 is 38.5 Å². The molecule has 0 aliphatic rings. The molecular weight excluding hydrogens is 488 g/mol. The lowest BCUT2D eigenvalue weighted by Gasteiger charge is -2.26. The quantitative estimate of drug-likeness (QED) is 0.0484. The van der Waals surface area contributed by atoms with Gasteiger partial charge in [0.05, 0.1) is 12.5 Å². The summed E-state index contributed by atoms with van der Waals surface area (Å²) in [6.45, 7) is 4.34. The summed E-state index contributed by atoms with van der Waals surface area (Å²) in [6, 6.07) is -4.83. The highest BCUT2D eigenvalue weighted by Gasteiger charge is 2.31. The van der Waals surface area contributed by atoms with Crippen LogP contribution in [0, 0.1) is 11.3 Å². The van der Waals surface area contributed by atoms with Crippen LogP contribution in [0.25, 0.3) is 0 Å². The van der Waals surface area contributed by atoms with Gasteiger partial charge in [-0.15, -0.1) is 0 Å². The summed E-state index contributed by atoms with van der Waals surface area (Å²) in [7, 11) is 0. The Morgan fingerprint density at radius 1 is 0.838 bits per heavy atom. The fraction of sp³-hybridized carbons (Fsp3) is 0.727. The van der Waals surface area contributed by atoms with Crippen molar-refractivity contribution >= 4 is 35.6 Å². The first-order valence-corrected chi connectivity index (χ1v) is 12.2. The van der Waals surface area contributed by atoms with Gasteiger partial charge in [0.1, 0.15) is 18.1 Å². The Balaban J connectivity index is 5.56. The van der Waals surface area contributed by atoms with E-state index in [4.69, 9.17) is 27.7 Å². The first kappa shape index (κ1) is 33.5. The average molecular weight is 531 g/mol. The van der Waals surface area contributed by atoms with Crippen LogP contribution in [0.1, 0.15) is 58.8 Å². The number of aliphatic carboxylic acids is 2. The molecule has 15 nitrogen and oxygen atoms in total. The molecule has 15 heteroatoms. The fourth-order valence-corrected chi connectivity index (χ4v) is 3.34. The van der Waals surface area contributed by atoms with Crippen LogP contribution in [-0.2, 0) is 24.0 Å². The standard InChI is InChI=1S/C22H42N8O7/c1-12(2)10-15(29-18(33)13(24)6-3-4-8-23)20(35)28-14(7-5-9-27-22(25)26)19(34)30-16(21(36)37)11-17(31)32/h12-16H,3-11,23-24H2,1-2H3,(H,28,35)(H,29,33)(H,30,34)(H,31,32)(H,36,37)(H4,25,26,27)/t13-,14-,15-,16+/m0/s1. The van der Waals surface area contributed by atoms with Crippen molar-refractivity contribution in [1.82, 2.24) is 21.3 Å². The van der Waals surface area contributed by atoms with Gasteiger partial charge in [0.2, 0.25) is 17.7 Å². The maximum absolute atomic E-state index is 13.1. The van der Waals surface area contributed by atoms with Crippen LogP contribution in [0.5, 0.6) is 0 Å². The molecule has 0 aromatic rings. The van der Waals surface area contributed by atoms with E-state index >= 15 is 0 Å². The lowest BCUT2D eigenvalue weighted by molar-refractivity contribution is -0.147. The largest absolute Gasteiger partial charge is 0.481 e. The van der Waals surface area contributed by atoms with Crippen LogP contribution >= 0.6 is 0 Å². The molecule has 3 amide bonds. The summed E-state index contributed by atoms with van der Waals surface area (Å²) in [5, 5.41) is 35.2. The first-order valence-electron chi connectivity index (χ1n) is 12.2. The number of rotatable bonds is 19. The molecule has 0 saturated heterocycles. The number of carbonyl (C=O) groups excluding carboxylic acids is 3. The van der Waals surface area contributed by atoms with Gasteiger partial charge in [-0.1, -0.05) is 20.3 Å². The van der Waals surface area contributed by atoms with E-state index in [0.717, 1.165) is 0 Å². The predicted octanol–water partition coefficient (Wildman–Crippen LogP) is -2.23. The molecule has 37 heavy (non-hydrogen) atoms. The number of carboxylic acid groups (broad SMARTS) is 2. The molecular formula is C22H42N8O7. The summed E-state index contributed by atoms with van der Waals surface area (Å²) >= 11 is 0. The van der Waals surface area contributed by atoms with Crippen molar-refractivity contribution in [2.24, 2.45) is 23.1 Å². The van der Waals surface area contributed by atoms with Gasteiger partial charge in [0.15, 0.2) is 5.96 Å². The van der Waals surface area contributed by atoms with E-state index in [2.05, 4.69) is 21.3 Å². The van der Waals surface area contributed by atoms with Gasteiger partial charge < -0.3 is 48.7 Å². The molecule has 0 rings (SSSR count). The van der Waals surface area contributed by atoms with E-state index in [0.29, 0.717) is 25.8 Å². The minimum absolute atomic E-state index is 0.0106. The monoisotopic (exact) mass is 530 g/mol. The van der Waals surface area contributed by atoms with Crippen LogP contribution in [0.15, 0.2) is 0 Å². The summed E-state index contributed by atoms with van der Waals surface area (Å²) in [6.07, 6.45) is 1.37. The van der Waals surface area contributed by atoms with Crippen LogP contribution in [0.4, 0.5) is 0 Å². The van der Waals surface area contributed by atoms with E-state index in [-0.39, 0.29) is 37.7 Å². The predicted molar refractivity (Wildman–Crippen MR) is 135 cm³/mol. The second kappa shape index (κ2) is 17.9. The molecule has 0 aromatic carbocycles. The SMILES string of the molecule is CC(C)C[C@H](NC(=O)[C@@H](N)CCCCN)C(=O)N[C@@H](CCCNC(=N)N)C(=O)N[C@H](CC(=O)O)C(=O)O. The van der Waals surface area contributed by atoms with Gasteiger partial charge in [-0.3, -0.25) is 24.6 Å². The van der Waals surface area contributed by atoms with Gasteiger partial charge >= 0.3 is 11.9 Å². The Morgan fingerprint density at radius 3 is 1.92 bits per heavy atom. The zero-order valence-electron chi connectivity index (χ0n) is 21.4. The highest BCUT2D eigenvalue weighted by molar-refractivity contribution is 5.94. The minimum atomic E-state index is -1.71. The second-order valence-electron chi connectivity index (χ2n) is 9.12. The van der Waals surface area contributed by atoms with Gasteiger partial charge in [0, 0.05) is 6.54 Å². The highest BCUT2D eigenvalue weighted by Crippen LogP contribution is 2.08. The molecule has 0 saturated carbocycles. The lowest BCUT2D eigenvalue weighted by Crippen LogP contribution is -2.57. The number of unbranched alkanes of at least 4 members (excludes halogenated alkanes) is 1. The molecule has 0 radical (unpaired) electrons. The first-order chi connectivity index (χ1) is 17.3. The van der Waals surface area contributed by atoms with Crippen LogP contribution in [-0.4, -0.2) is 83.1 Å². The van der Waals surface area contributed by atoms with Crippen molar-refractivity contribution in [2.75, 3.05) is 13.1 Å². The molecule has 0 aliphatic carbocycles. The number of hydrogen-bond donors (Lipinski definition) is 10. The molecule has 4 atom stereocenters. The van der Waals surface area contributed by atoms with Crippen LogP contribution in [0.3, 0.4) is 0 Å². The fourth-order valence-electron chi connectivity index (χ4n) is 3.34. The van der Waals surface area contributed by atoms with Crippen molar-refractivity contribution in [3.8, 4) is 0 Å². The summed E-state index contributed by atoms with van der Waals surface area (Å²) in [5.41, 5.74) is 16.6. The number of hydrogen-bond acceptors (Lipinski definition) is 8. The van der Waals surface area contributed by atoms with E-state index in [1.165, 1.54) is 0 Å². The topological polar surface area (TPSA) is 276 Å². The smallest absolute Gasteiger partial charge is 0.326 e. The average Bonchev–Trinajstić information content (AvgIpc) is 2.79. The van der Waals surface area contributed by atoms with Crippen molar-refractivity contribution in [2.45, 2.75) is 83.0 Å². The van der Waals surface area contributed by atoms with Crippen molar-refractivity contribution in [1.29, 1.82) is 5.41 Å². The van der Waals surface area contributed by atoms with E-state index in [1.807, 2.05) is 13.8 Å². The van der Waals surface area contributed by atoms with Crippen molar-refractivity contribution < 1.29 is 34.2 Å².